The summed E-state index contributed by atoms with van der Waals surface area (Å²) in [5.41, 5.74) is 3.60. The van der Waals surface area contributed by atoms with Gasteiger partial charge in [0, 0.05) is 19.6 Å². The molecule has 1 unspecified atom stereocenters. The Balaban J connectivity index is 1.36. The van der Waals surface area contributed by atoms with Crippen LogP contribution in [0.3, 0.4) is 0 Å². The molecule has 3 rings (SSSR count). The van der Waals surface area contributed by atoms with Gasteiger partial charge in [0.1, 0.15) is 12.4 Å². The molecule has 1 amide bonds. The normalized spacial score (nSPS) is 16.3. The van der Waals surface area contributed by atoms with Gasteiger partial charge in [-0.1, -0.05) is 43.3 Å². The number of benzene rings is 2. The van der Waals surface area contributed by atoms with Gasteiger partial charge in [0.15, 0.2) is 0 Å². The van der Waals surface area contributed by atoms with Gasteiger partial charge in [0.05, 0.1) is 6.10 Å². The van der Waals surface area contributed by atoms with Crippen LogP contribution < -0.4 is 10.1 Å². The molecule has 2 aromatic rings. The Labute approximate surface area is 161 Å². The summed E-state index contributed by atoms with van der Waals surface area (Å²) in [6.07, 6.45) is 4.74. The molecule has 0 radical (unpaired) electrons. The molecule has 0 saturated carbocycles. The monoisotopic (exact) mass is 367 g/mol. The minimum Gasteiger partial charge on any atom is -0.491 e. The topological polar surface area (TPSA) is 47.6 Å². The molecule has 1 aliphatic heterocycles. The molecule has 4 nitrogen and oxygen atoms in total. The second-order valence-electron chi connectivity index (χ2n) is 7.04. The first-order valence-corrected chi connectivity index (χ1v) is 9.91. The van der Waals surface area contributed by atoms with E-state index in [9.17, 15) is 4.79 Å². The van der Waals surface area contributed by atoms with Crippen molar-refractivity contribution in [1.82, 2.24) is 5.32 Å². The number of rotatable bonds is 9. The third kappa shape index (κ3) is 6.40. The van der Waals surface area contributed by atoms with E-state index in [-0.39, 0.29) is 12.0 Å². The van der Waals surface area contributed by atoms with Crippen LogP contribution in [-0.4, -0.2) is 25.2 Å². The van der Waals surface area contributed by atoms with Crippen LogP contribution in [0.2, 0.25) is 0 Å². The number of hydrogen-bond donors (Lipinski definition) is 1. The Bertz CT molecular complexity index is 703. The summed E-state index contributed by atoms with van der Waals surface area (Å²) >= 11 is 0. The fraction of sp³-hybridized carbons (Fsp3) is 0.435. The lowest BCUT2D eigenvalue weighted by Crippen LogP contribution is -2.23. The number of hydrogen-bond acceptors (Lipinski definition) is 3. The number of nitrogens with one attached hydrogen (secondary N) is 1. The average molecular weight is 367 g/mol. The van der Waals surface area contributed by atoms with Crippen molar-refractivity contribution in [3.05, 3.63) is 65.2 Å². The van der Waals surface area contributed by atoms with Crippen LogP contribution in [-0.2, 0) is 28.9 Å². The number of ether oxygens (including phenoxy) is 2. The quantitative estimate of drug-likeness (QED) is 0.727. The van der Waals surface area contributed by atoms with Gasteiger partial charge in [0.25, 0.3) is 0 Å². The fourth-order valence-corrected chi connectivity index (χ4v) is 3.16. The molecule has 144 valence electrons. The van der Waals surface area contributed by atoms with Gasteiger partial charge in [-0.2, -0.15) is 0 Å². The number of carbonyl (C=O) groups is 1. The van der Waals surface area contributed by atoms with Gasteiger partial charge in [-0.05, 0) is 54.5 Å². The predicted octanol–water partition coefficient (Wildman–Crippen LogP) is 4.06. The molecule has 1 atom stereocenters. The average Bonchev–Trinajstić information content (AvgIpc) is 3.24. The molecule has 2 aromatic carbocycles. The zero-order valence-corrected chi connectivity index (χ0v) is 16.1. The molecular weight excluding hydrogens is 338 g/mol. The first kappa shape index (κ1) is 19.4. The predicted molar refractivity (Wildman–Crippen MR) is 107 cm³/mol. The van der Waals surface area contributed by atoms with E-state index in [1.165, 1.54) is 11.1 Å². The SMILES string of the molecule is CCc1ccc(CCC(=O)NCc2ccc(OCC3CCCO3)cc2)cc1. The lowest BCUT2D eigenvalue weighted by atomic mass is 10.1. The number of amides is 1. The molecule has 0 aromatic heterocycles. The maximum atomic E-state index is 12.1. The second kappa shape index (κ2) is 10.1. The first-order chi connectivity index (χ1) is 13.2. The van der Waals surface area contributed by atoms with Crippen molar-refractivity contribution in [3.63, 3.8) is 0 Å². The summed E-state index contributed by atoms with van der Waals surface area (Å²) in [5.74, 6) is 0.921. The molecule has 0 spiro atoms. The van der Waals surface area contributed by atoms with Crippen LogP contribution in [0.15, 0.2) is 48.5 Å². The third-order valence-electron chi connectivity index (χ3n) is 4.94. The Morgan fingerprint density at radius 2 is 1.78 bits per heavy atom. The molecule has 0 bridgehead atoms. The van der Waals surface area contributed by atoms with Gasteiger partial charge in [-0.15, -0.1) is 0 Å². The molecule has 4 heteroatoms. The lowest BCUT2D eigenvalue weighted by Gasteiger charge is -2.12. The molecule has 1 aliphatic rings. The van der Waals surface area contributed by atoms with Gasteiger partial charge >= 0.3 is 0 Å². The van der Waals surface area contributed by atoms with E-state index in [4.69, 9.17) is 9.47 Å². The highest BCUT2D eigenvalue weighted by molar-refractivity contribution is 5.76. The molecular formula is C23H29NO3. The third-order valence-corrected chi connectivity index (χ3v) is 4.94. The Morgan fingerprint density at radius 1 is 1.07 bits per heavy atom. The van der Waals surface area contributed by atoms with E-state index >= 15 is 0 Å². The summed E-state index contributed by atoms with van der Waals surface area (Å²) in [6.45, 7) is 4.14. The Hall–Kier alpha value is -2.33. The zero-order valence-electron chi connectivity index (χ0n) is 16.1. The number of aryl methyl sites for hydroxylation is 2. The standard InChI is InChI=1S/C23H29NO3/c1-2-18-5-7-19(8-6-18)11-14-23(25)24-16-20-9-12-21(13-10-20)27-17-22-4-3-15-26-22/h5-10,12-13,22H,2-4,11,14-17H2,1H3,(H,24,25). The molecule has 0 aliphatic carbocycles. The molecule has 1 heterocycles. The second-order valence-corrected chi connectivity index (χ2v) is 7.04. The van der Waals surface area contributed by atoms with Gasteiger partial charge < -0.3 is 14.8 Å². The van der Waals surface area contributed by atoms with E-state index in [1.54, 1.807) is 0 Å². The maximum absolute atomic E-state index is 12.1. The van der Waals surface area contributed by atoms with Crippen LogP contribution in [0.25, 0.3) is 0 Å². The van der Waals surface area contributed by atoms with E-state index in [0.717, 1.165) is 43.6 Å². The lowest BCUT2D eigenvalue weighted by molar-refractivity contribution is -0.121. The van der Waals surface area contributed by atoms with E-state index in [0.29, 0.717) is 19.6 Å². The Morgan fingerprint density at radius 3 is 2.44 bits per heavy atom. The van der Waals surface area contributed by atoms with Crippen LogP contribution in [0.1, 0.15) is 42.9 Å². The van der Waals surface area contributed by atoms with Crippen molar-refractivity contribution >= 4 is 5.91 Å². The largest absolute Gasteiger partial charge is 0.491 e. The highest BCUT2D eigenvalue weighted by Crippen LogP contribution is 2.16. The first-order valence-electron chi connectivity index (χ1n) is 9.91. The van der Waals surface area contributed by atoms with Crippen molar-refractivity contribution in [3.8, 4) is 5.75 Å². The fourth-order valence-electron chi connectivity index (χ4n) is 3.16. The smallest absolute Gasteiger partial charge is 0.220 e. The molecule has 1 saturated heterocycles. The van der Waals surface area contributed by atoms with Crippen molar-refractivity contribution in [1.29, 1.82) is 0 Å². The van der Waals surface area contributed by atoms with Gasteiger partial charge in [-0.25, -0.2) is 0 Å². The number of carbonyl (C=O) groups excluding carboxylic acids is 1. The van der Waals surface area contributed by atoms with Crippen LogP contribution in [0, 0.1) is 0 Å². The van der Waals surface area contributed by atoms with Crippen molar-refractivity contribution in [2.45, 2.75) is 51.7 Å². The van der Waals surface area contributed by atoms with Crippen molar-refractivity contribution in [2.24, 2.45) is 0 Å². The summed E-state index contributed by atoms with van der Waals surface area (Å²) in [6, 6.07) is 16.4. The molecule has 27 heavy (non-hydrogen) atoms. The van der Waals surface area contributed by atoms with Crippen LogP contribution >= 0.6 is 0 Å². The summed E-state index contributed by atoms with van der Waals surface area (Å²) in [4.78, 5) is 12.1. The minimum absolute atomic E-state index is 0.0771. The Kier molecular flexibility index (Phi) is 7.28. The van der Waals surface area contributed by atoms with Crippen molar-refractivity contribution < 1.29 is 14.3 Å². The maximum Gasteiger partial charge on any atom is 0.220 e. The summed E-state index contributed by atoms with van der Waals surface area (Å²) in [5, 5.41) is 2.99. The highest BCUT2D eigenvalue weighted by atomic mass is 16.5. The minimum atomic E-state index is 0.0771. The van der Waals surface area contributed by atoms with E-state index in [2.05, 4.69) is 36.5 Å². The highest BCUT2D eigenvalue weighted by Gasteiger charge is 2.15. The van der Waals surface area contributed by atoms with Crippen LogP contribution in [0.5, 0.6) is 5.75 Å². The zero-order chi connectivity index (χ0) is 18.9. The van der Waals surface area contributed by atoms with Gasteiger partial charge in [0.2, 0.25) is 5.91 Å². The van der Waals surface area contributed by atoms with E-state index < -0.39 is 0 Å². The summed E-state index contributed by atoms with van der Waals surface area (Å²) < 4.78 is 11.3. The van der Waals surface area contributed by atoms with E-state index in [1.807, 2.05) is 24.3 Å². The molecule has 1 fully saturated rings. The van der Waals surface area contributed by atoms with Crippen molar-refractivity contribution in [2.75, 3.05) is 13.2 Å². The van der Waals surface area contributed by atoms with Crippen LogP contribution in [0.4, 0.5) is 0 Å². The van der Waals surface area contributed by atoms with Gasteiger partial charge in [-0.3, -0.25) is 4.79 Å². The molecule has 1 N–H and O–H groups in total. The summed E-state index contributed by atoms with van der Waals surface area (Å²) in [7, 11) is 0.